The van der Waals surface area contributed by atoms with Gasteiger partial charge in [0, 0.05) is 18.8 Å². The third-order valence-electron chi connectivity index (χ3n) is 6.70. The van der Waals surface area contributed by atoms with Crippen LogP contribution in [0.1, 0.15) is 50.0 Å². The van der Waals surface area contributed by atoms with Crippen LogP contribution < -0.4 is 10.2 Å². The number of halogens is 1. The molecule has 3 aromatic rings. The fraction of sp³-hybridized carbons (Fsp3) is 0.385. The summed E-state index contributed by atoms with van der Waals surface area (Å²) in [6.07, 6.45) is 4.29. The molecule has 200 valence electrons. The maximum atomic E-state index is 13.1. The van der Waals surface area contributed by atoms with Crippen LogP contribution in [0.5, 0.6) is 0 Å². The van der Waals surface area contributed by atoms with Gasteiger partial charge < -0.3 is 19.3 Å². The predicted octanol–water partition coefficient (Wildman–Crippen LogP) is 5.26. The van der Waals surface area contributed by atoms with Gasteiger partial charge in [0.1, 0.15) is 28.3 Å². The summed E-state index contributed by atoms with van der Waals surface area (Å²) in [5.41, 5.74) is 2.14. The van der Waals surface area contributed by atoms with E-state index in [2.05, 4.69) is 20.4 Å². The number of carboxylic acids is 1. The number of carboxylic acid groups (broad SMARTS) is 1. The van der Waals surface area contributed by atoms with Crippen LogP contribution in [0.25, 0.3) is 11.5 Å². The average Bonchev–Trinajstić information content (AvgIpc) is 3.27. The van der Waals surface area contributed by atoms with Crippen LogP contribution in [0.2, 0.25) is 5.15 Å². The molecule has 38 heavy (non-hydrogen) atoms. The minimum atomic E-state index is -0.943. The van der Waals surface area contributed by atoms with Gasteiger partial charge in [-0.2, -0.15) is 0 Å². The van der Waals surface area contributed by atoms with E-state index in [0.29, 0.717) is 35.5 Å². The monoisotopic (exact) mass is 541 g/mol. The van der Waals surface area contributed by atoms with Crippen molar-refractivity contribution in [2.24, 2.45) is 11.8 Å². The molecule has 12 heteroatoms. The molecule has 3 aromatic heterocycles. The number of nitrogens with zero attached hydrogens (tertiary/aromatic N) is 4. The van der Waals surface area contributed by atoms with Crippen molar-refractivity contribution in [3.8, 4) is 11.5 Å². The van der Waals surface area contributed by atoms with Crippen molar-refractivity contribution >= 4 is 40.9 Å². The minimum Gasteiger partial charge on any atom is -0.481 e. The number of carbonyl (C=O) groups is 3. The molecular weight excluding hydrogens is 514 g/mol. The molecular formula is C26H28ClN5O6. The van der Waals surface area contributed by atoms with E-state index in [0.717, 1.165) is 12.8 Å². The summed E-state index contributed by atoms with van der Waals surface area (Å²) in [5.74, 6) is -2.25. The molecule has 2 amide bonds. The first-order chi connectivity index (χ1) is 18.2. The number of aromatic nitrogens is 3. The molecule has 1 aliphatic rings. The summed E-state index contributed by atoms with van der Waals surface area (Å²) in [5, 5.41) is 16.4. The first-order valence-corrected chi connectivity index (χ1v) is 12.6. The van der Waals surface area contributed by atoms with E-state index >= 15 is 0 Å². The average molecular weight is 542 g/mol. The number of pyridine rings is 2. The smallest absolute Gasteiger partial charge is 0.412 e. The number of hydrogen-bond acceptors (Lipinski definition) is 8. The van der Waals surface area contributed by atoms with E-state index in [-0.39, 0.29) is 22.5 Å². The Balaban J connectivity index is 1.47. The van der Waals surface area contributed by atoms with Gasteiger partial charge in [0.15, 0.2) is 0 Å². The van der Waals surface area contributed by atoms with Crippen LogP contribution in [-0.2, 0) is 14.3 Å². The van der Waals surface area contributed by atoms with Gasteiger partial charge in [-0.25, -0.2) is 9.78 Å². The normalized spacial score (nSPS) is 17.9. The predicted molar refractivity (Wildman–Crippen MR) is 139 cm³/mol. The Morgan fingerprint density at radius 2 is 1.92 bits per heavy atom. The van der Waals surface area contributed by atoms with Crippen LogP contribution in [0.3, 0.4) is 0 Å². The van der Waals surface area contributed by atoms with E-state index in [1.807, 2.05) is 0 Å². The number of aliphatic carboxylic acids is 1. The topological polar surface area (TPSA) is 148 Å². The largest absolute Gasteiger partial charge is 0.481 e. The summed E-state index contributed by atoms with van der Waals surface area (Å²) in [6.45, 7) is 3.34. The Morgan fingerprint density at radius 3 is 2.58 bits per heavy atom. The summed E-state index contributed by atoms with van der Waals surface area (Å²) in [6, 6.07) is 6.71. The van der Waals surface area contributed by atoms with Crippen molar-refractivity contribution in [3.05, 3.63) is 53.1 Å². The van der Waals surface area contributed by atoms with Gasteiger partial charge in [-0.3, -0.25) is 19.9 Å². The lowest BCUT2D eigenvalue weighted by Gasteiger charge is -2.30. The van der Waals surface area contributed by atoms with Crippen molar-refractivity contribution < 1.29 is 28.8 Å². The molecule has 0 aromatic carbocycles. The van der Waals surface area contributed by atoms with Crippen LogP contribution in [0, 0.1) is 18.8 Å². The molecule has 1 saturated carbocycles. The van der Waals surface area contributed by atoms with Gasteiger partial charge in [0.2, 0.25) is 11.7 Å². The highest BCUT2D eigenvalue weighted by Gasteiger charge is 2.37. The molecule has 3 atom stereocenters. The van der Waals surface area contributed by atoms with Gasteiger partial charge in [-0.05, 0) is 44.9 Å². The van der Waals surface area contributed by atoms with E-state index in [9.17, 15) is 19.5 Å². The summed E-state index contributed by atoms with van der Waals surface area (Å²) in [4.78, 5) is 47.1. The van der Waals surface area contributed by atoms with Gasteiger partial charge >= 0.3 is 12.1 Å². The molecule has 0 bridgehead atoms. The summed E-state index contributed by atoms with van der Waals surface area (Å²) in [7, 11) is 1.60. The third-order valence-corrected chi connectivity index (χ3v) is 7.01. The summed E-state index contributed by atoms with van der Waals surface area (Å²) >= 11 is 6.09. The SMILES string of the molecule is Cc1noc(-c2ccc(N(C)C(=O)[C@H]3CCCC[C@@H]3C(=O)O)cn2)c1NC(=O)OC(C)c1cccnc1Cl. The van der Waals surface area contributed by atoms with E-state index in [1.54, 1.807) is 51.4 Å². The molecule has 3 heterocycles. The fourth-order valence-electron chi connectivity index (χ4n) is 4.57. The van der Waals surface area contributed by atoms with Crippen LogP contribution in [0.15, 0.2) is 41.2 Å². The molecule has 2 N–H and O–H groups in total. The number of hydrogen-bond donors (Lipinski definition) is 2. The van der Waals surface area contributed by atoms with Gasteiger partial charge in [-0.1, -0.05) is 35.7 Å². The quantitative estimate of drug-likeness (QED) is 0.382. The molecule has 1 unspecified atom stereocenters. The lowest BCUT2D eigenvalue weighted by atomic mass is 9.78. The Kier molecular flexibility index (Phi) is 8.26. The van der Waals surface area contributed by atoms with Crippen molar-refractivity contribution in [2.45, 2.75) is 45.6 Å². The maximum Gasteiger partial charge on any atom is 0.412 e. The number of ether oxygens (including phenoxy) is 1. The minimum absolute atomic E-state index is 0.213. The molecule has 0 spiro atoms. The van der Waals surface area contributed by atoms with Crippen molar-refractivity contribution in [1.29, 1.82) is 0 Å². The number of anilines is 2. The van der Waals surface area contributed by atoms with Gasteiger partial charge in [0.05, 0.1) is 23.7 Å². The second-order valence-electron chi connectivity index (χ2n) is 9.16. The standard InChI is InChI=1S/C26H28ClN5O6/c1-14-21(30-26(36)37-15(2)17-9-6-12-28-23(17)27)22(38-31-14)20-11-10-16(13-29-20)32(3)24(33)18-7-4-5-8-19(18)25(34)35/h6,9-13,15,18-19H,4-5,7-8H2,1-3H3,(H,30,36)(H,34,35)/t15?,18-,19-/m0/s1. The third kappa shape index (κ3) is 5.77. The van der Waals surface area contributed by atoms with Gasteiger partial charge in [0.25, 0.3) is 0 Å². The van der Waals surface area contributed by atoms with Crippen LogP contribution >= 0.6 is 11.6 Å². The zero-order valence-electron chi connectivity index (χ0n) is 21.2. The fourth-order valence-corrected chi connectivity index (χ4v) is 4.84. The van der Waals surface area contributed by atoms with Crippen LogP contribution in [-0.4, -0.2) is 45.2 Å². The summed E-state index contributed by atoms with van der Waals surface area (Å²) < 4.78 is 10.9. The number of nitrogens with one attached hydrogen (secondary N) is 1. The molecule has 1 aliphatic carbocycles. The van der Waals surface area contributed by atoms with Crippen molar-refractivity contribution in [2.75, 3.05) is 17.3 Å². The first kappa shape index (κ1) is 27.1. The zero-order chi connectivity index (χ0) is 27.4. The van der Waals surface area contributed by atoms with E-state index in [4.69, 9.17) is 20.9 Å². The Bertz CT molecular complexity index is 1330. The maximum absolute atomic E-state index is 13.1. The number of amides is 2. The number of rotatable bonds is 7. The second kappa shape index (κ2) is 11.6. The van der Waals surface area contributed by atoms with Gasteiger partial charge in [-0.15, -0.1) is 0 Å². The molecule has 1 fully saturated rings. The van der Waals surface area contributed by atoms with Crippen LogP contribution in [0.4, 0.5) is 16.2 Å². The molecule has 0 aliphatic heterocycles. The van der Waals surface area contributed by atoms with Crippen molar-refractivity contribution in [3.63, 3.8) is 0 Å². The lowest BCUT2D eigenvalue weighted by Crippen LogP contribution is -2.40. The Hall–Kier alpha value is -3.99. The van der Waals surface area contributed by atoms with E-state index < -0.39 is 30.0 Å². The van der Waals surface area contributed by atoms with Crippen molar-refractivity contribution in [1.82, 2.24) is 15.1 Å². The lowest BCUT2D eigenvalue weighted by molar-refractivity contribution is -0.148. The molecule has 4 rings (SSSR count). The highest BCUT2D eigenvalue weighted by Crippen LogP contribution is 2.34. The highest BCUT2D eigenvalue weighted by atomic mass is 35.5. The molecule has 11 nitrogen and oxygen atoms in total. The highest BCUT2D eigenvalue weighted by molar-refractivity contribution is 6.30. The molecule has 0 radical (unpaired) electrons. The second-order valence-corrected chi connectivity index (χ2v) is 9.52. The molecule has 0 saturated heterocycles. The van der Waals surface area contributed by atoms with E-state index in [1.165, 1.54) is 11.1 Å². The Morgan fingerprint density at radius 1 is 1.18 bits per heavy atom. The number of carbonyl (C=O) groups excluding carboxylic acids is 2. The zero-order valence-corrected chi connectivity index (χ0v) is 21.9. The number of aryl methyl sites for hydroxylation is 1. The first-order valence-electron chi connectivity index (χ1n) is 12.2. The Labute approximate surface area is 224 Å².